The van der Waals surface area contributed by atoms with Crippen LogP contribution in [-0.2, 0) is 13.5 Å². The van der Waals surface area contributed by atoms with Gasteiger partial charge in [-0.1, -0.05) is 17.7 Å². The molecule has 0 aliphatic carbocycles. The van der Waals surface area contributed by atoms with Gasteiger partial charge in [0.05, 0.1) is 5.69 Å². The van der Waals surface area contributed by atoms with Crippen molar-refractivity contribution in [3.8, 4) is 0 Å². The number of hydrogen-bond donors (Lipinski definition) is 1. The topological polar surface area (TPSA) is 42.7 Å². The fourth-order valence-electron chi connectivity index (χ4n) is 2.34. The van der Waals surface area contributed by atoms with Gasteiger partial charge in [0.25, 0.3) is 0 Å². The van der Waals surface area contributed by atoms with Crippen LogP contribution in [0, 0.1) is 13.8 Å². The van der Waals surface area contributed by atoms with E-state index in [0.717, 1.165) is 23.4 Å². The lowest BCUT2D eigenvalue weighted by molar-refractivity contribution is 0.584. The summed E-state index contributed by atoms with van der Waals surface area (Å²) in [4.78, 5) is 4.35. The minimum atomic E-state index is 0.189. The Labute approximate surface area is 118 Å². The van der Waals surface area contributed by atoms with Crippen molar-refractivity contribution in [2.75, 3.05) is 7.05 Å². The Morgan fingerprint density at radius 3 is 2.63 bits per heavy atom. The number of aromatic nitrogens is 3. The van der Waals surface area contributed by atoms with Crippen LogP contribution in [0.2, 0.25) is 5.15 Å². The van der Waals surface area contributed by atoms with Gasteiger partial charge in [-0.05, 0) is 38.9 Å². The molecule has 0 aliphatic heterocycles. The molecule has 5 heteroatoms. The van der Waals surface area contributed by atoms with Crippen molar-refractivity contribution in [2.45, 2.75) is 26.3 Å². The molecule has 1 N–H and O–H groups in total. The highest BCUT2D eigenvalue weighted by molar-refractivity contribution is 6.30. The van der Waals surface area contributed by atoms with E-state index in [9.17, 15) is 0 Å². The molecular weight excluding hydrogens is 260 g/mol. The summed E-state index contributed by atoms with van der Waals surface area (Å²) in [5.74, 6) is 0. The van der Waals surface area contributed by atoms with Crippen LogP contribution in [0.5, 0.6) is 0 Å². The van der Waals surface area contributed by atoms with Crippen LogP contribution in [0.15, 0.2) is 18.3 Å². The van der Waals surface area contributed by atoms with Gasteiger partial charge in [-0.2, -0.15) is 5.10 Å². The number of halogens is 1. The summed E-state index contributed by atoms with van der Waals surface area (Å²) in [6, 6.07) is 4.25. The van der Waals surface area contributed by atoms with Crippen LogP contribution in [0.25, 0.3) is 0 Å². The second-order valence-electron chi connectivity index (χ2n) is 4.70. The van der Waals surface area contributed by atoms with E-state index >= 15 is 0 Å². The van der Waals surface area contributed by atoms with Crippen molar-refractivity contribution in [1.29, 1.82) is 0 Å². The fraction of sp³-hybridized carbons (Fsp3) is 0.429. The van der Waals surface area contributed by atoms with E-state index in [2.05, 4.69) is 21.5 Å². The molecule has 0 fully saturated rings. The molecule has 2 aromatic heterocycles. The zero-order valence-electron chi connectivity index (χ0n) is 11.7. The van der Waals surface area contributed by atoms with Gasteiger partial charge in [-0.15, -0.1) is 0 Å². The summed E-state index contributed by atoms with van der Waals surface area (Å²) in [5, 5.41) is 8.40. The van der Waals surface area contributed by atoms with E-state index < -0.39 is 0 Å². The standard InChI is InChI=1S/C14H19ClN4/c1-9-11(6-5-7-17-9)13(16-3)8-12-10(2)18-19(4)14(12)15/h5-7,13,16H,8H2,1-4H3. The molecule has 0 aromatic carbocycles. The molecule has 0 amide bonds. The maximum absolute atomic E-state index is 6.30. The predicted octanol–water partition coefficient (Wildman–Crippen LogP) is 2.59. The Morgan fingerprint density at radius 1 is 1.37 bits per heavy atom. The highest BCUT2D eigenvalue weighted by Crippen LogP contribution is 2.26. The first kappa shape index (κ1) is 14.0. The number of nitrogens with zero attached hydrogens (tertiary/aromatic N) is 3. The maximum Gasteiger partial charge on any atom is 0.130 e. The van der Waals surface area contributed by atoms with Crippen LogP contribution < -0.4 is 5.32 Å². The van der Waals surface area contributed by atoms with Crippen molar-refractivity contribution >= 4 is 11.6 Å². The third kappa shape index (κ3) is 2.80. The lowest BCUT2D eigenvalue weighted by Gasteiger charge is -2.18. The van der Waals surface area contributed by atoms with Crippen LogP contribution in [0.4, 0.5) is 0 Å². The molecule has 2 aromatic rings. The second kappa shape index (κ2) is 5.72. The summed E-state index contributed by atoms with van der Waals surface area (Å²) < 4.78 is 1.72. The van der Waals surface area contributed by atoms with Crippen LogP contribution in [0.3, 0.4) is 0 Å². The average Bonchev–Trinajstić information content (AvgIpc) is 2.63. The second-order valence-corrected chi connectivity index (χ2v) is 5.06. The summed E-state index contributed by atoms with van der Waals surface area (Å²) in [6.45, 7) is 4.02. The van der Waals surface area contributed by atoms with Crippen molar-refractivity contribution in [1.82, 2.24) is 20.1 Å². The minimum Gasteiger partial charge on any atom is -0.313 e. The van der Waals surface area contributed by atoms with Crippen molar-refractivity contribution in [3.05, 3.63) is 46.0 Å². The Kier molecular flexibility index (Phi) is 4.22. The molecule has 0 aliphatic rings. The van der Waals surface area contributed by atoms with Crippen molar-refractivity contribution < 1.29 is 0 Å². The average molecular weight is 279 g/mol. The van der Waals surface area contributed by atoms with Gasteiger partial charge in [-0.3, -0.25) is 9.67 Å². The van der Waals surface area contributed by atoms with Gasteiger partial charge < -0.3 is 5.32 Å². The molecule has 4 nitrogen and oxygen atoms in total. The molecule has 1 unspecified atom stereocenters. The molecular formula is C14H19ClN4. The maximum atomic E-state index is 6.30. The minimum absolute atomic E-state index is 0.189. The van der Waals surface area contributed by atoms with Crippen molar-refractivity contribution in [2.24, 2.45) is 7.05 Å². The molecule has 2 heterocycles. The summed E-state index contributed by atoms with van der Waals surface area (Å²) in [6.07, 6.45) is 2.62. The van der Waals surface area contributed by atoms with Crippen LogP contribution >= 0.6 is 11.6 Å². The fourth-order valence-corrected chi connectivity index (χ4v) is 2.59. The Bertz CT molecular complexity index is 577. The smallest absolute Gasteiger partial charge is 0.130 e. The molecule has 0 spiro atoms. The van der Waals surface area contributed by atoms with Gasteiger partial charge in [-0.25, -0.2) is 0 Å². The number of hydrogen-bond acceptors (Lipinski definition) is 3. The number of aryl methyl sites for hydroxylation is 3. The number of nitrogens with one attached hydrogen (secondary N) is 1. The molecule has 19 heavy (non-hydrogen) atoms. The van der Waals surface area contributed by atoms with Crippen LogP contribution in [-0.4, -0.2) is 21.8 Å². The molecule has 0 bridgehead atoms. The van der Waals surface area contributed by atoms with E-state index in [-0.39, 0.29) is 6.04 Å². The van der Waals surface area contributed by atoms with Gasteiger partial charge in [0, 0.05) is 30.5 Å². The lowest BCUT2D eigenvalue weighted by atomic mass is 9.98. The normalized spacial score (nSPS) is 12.7. The molecule has 102 valence electrons. The van der Waals surface area contributed by atoms with Gasteiger partial charge in [0.2, 0.25) is 0 Å². The predicted molar refractivity (Wildman–Crippen MR) is 77.4 cm³/mol. The number of rotatable bonds is 4. The van der Waals surface area contributed by atoms with E-state index in [1.807, 2.05) is 40.2 Å². The summed E-state index contributed by atoms with van der Waals surface area (Å²) in [5.41, 5.74) is 4.31. The van der Waals surface area contributed by atoms with E-state index in [4.69, 9.17) is 11.6 Å². The Hall–Kier alpha value is -1.39. The quantitative estimate of drug-likeness (QED) is 0.935. The van der Waals surface area contributed by atoms with Crippen LogP contribution in [0.1, 0.15) is 28.6 Å². The molecule has 1 atom stereocenters. The Balaban J connectivity index is 2.32. The van der Waals surface area contributed by atoms with Gasteiger partial charge in [0.1, 0.15) is 5.15 Å². The summed E-state index contributed by atoms with van der Waals surface area (Å²) in [7, 11) is 3.82. The molecule has 0 saturated carbocycles. The van der Waals surface area contributed by atoms with E-state index in [1.165, 1.54) is 5.56 Å². The first-order valence-electron chi connectivity index (χ1n) is 6.31. The number of likely N-dealkylation sites (N-methyl/N-ethyl adjacent to an activating group) is 1. The monoisotopic (exact) mass is 278 g/mol. The van der Waals surface area contributed by atoms with Crippen molar-refractivity contribution in [3.63, 3.8) is 0 Å². The third-order valence-electron chi connectivity index (χ3n) is 3.45. The third-order valence-corrected chi connectivity index (χ3v) is 3.92. The zero-order valence-corrected chi connectivity index (χ0v) is 12.5. The SMILES string of the molecule is CNC(Cc1c(C)nn(C)c1Cl)c1cccnc1C. The first-order valence-corrected chi connectivity index (χ1v) is 6.69. The zero-order chi connectivity index (χ0) is 14.0. The highest BCUT2D eigenvalue weighted by Gasteiger charge is 2.18. The van der Waals surface area contributed by atoms with E-state index in [1.54, 1.807) is 4.68 Å². The number of pyridine rings is 1. The molecule has 0 radical (unpaired) electrons. The molecule has 0 saturated heterocycles. The highest BCUT2D eigenvalue weighted by atomic mass is 35.5. The molecule has 2 rings (SSSR count). The summed E-state index contributed by atoms with van der Waals surface area (Å²) >= 11 is 6.30. The lowest BCUT2D eigenvalue weighted by Crippen LogP contribution is -2.20. The van der Waals surface area contributed by atoms with Gasteiger partial charge >= 0.3 is 0 Å². The first-order chi connectivity index (χ1) is 9.04. The van der Waals surface area contributed by atoms with E-state index in [0.29, 0.717) is 5.15 Å². The largest absolute Gasteiger partial charge is 0.313 e. The van der Waals surface area contributed by atoms with Gasteiger partial charge in [0.15, 0.2) is 0 Å². The Morgan fingerprint density at radius 2 is 2.11 bits per heavy atom.